The van der Waals surface area contributed by atoms with Gasteiger partial charge in [0, 0.05) is 7.05 Å². The Balaban J connectivity index is 3.85. The van der Waals surface area contributed by atoms with Crippen LogP contribution in [0.1, 0.15) is 23.9 Å². The number of hydrogen-bond donors (Lipinski definition) is 1. The summed E-state index contributed by atoms with van der Waals surface area (Å²) < 4.78 is 114. The van der Waals surface area contributed by atoms with Gasteiger partial charge in [-0.15, -0.1) is 0 Å². The van der Waals surface area contributed by atoms with Crippen LogP contribution in [-0.4, -0.2) is 21.1 Å². The van der Waals surface area contributed by atoms with Gasteiger partial charge in [-0.05, 0) is 6.92 Å². The number of halogens is 9. The normalized spacial score (nSPS) is 17.0. The lowest BCUT2D eigenvalue weighted by molar-refractivity contribution is -0.262. The van der Waals surface area contributed by atoms with E-state index in [2.05, 4.69) is 5.10 Å². The minimum atomic E-state index is -5.77. The van der Waals surface area contributed by atoms with E-state index in [1.54, 1.807) is 0 Å². The highest BCUT2D eigenvalue weighted by Gasteiger charge is 2.60. The van der Waals surface area contributed by atoms with Crippen LogP contribution in [0.2, 0.25) is 0 Å². The Kier molecular flexibility index (Phi) is 3.78. The van der Waals surface area contributed by atoms with Crippen LogP contribution in [0.3, 0.4) is 0 Å². The lowest BCUT2D eigenvalue weighted by atomic mass is 9.92. The minimum absolute atomic E-state index is 0.200. The van der Waals surface area contributed by atoms with E-state index in [1.807, 2.05) is 0 Å². The fraction of sp³-hybridized carbons (Fsp3) is 0.667. The van der Waals surface area contributed by atoms with E-state index in [0.717, 1.165) is 0 Å². The topological polar surface area (TPSA) is 38.0 Å². The second-order valence-corrected chi connectivity index (χ2v) is 4.26. The van der Waals surface area contributed by atoms with Crippen molar-refractivity contribution in [3.05, 3.63) is 17.0 Å². The first-order valence-electron chi connectivity index (χ1n) is 5.02. The summed E-state index contributed by atoms with van der Waals surface area (Å²) in [7, 11) is 0.397. The SMILES string of the molecule is Cn1nc(C(F)(F)F)c(C(C)(O)C(F)(F)F)c1C(F)(F)F. The molecular weight excluding hydrogens is 323 g/mol. The highest BCUT2D eigenvalue weighted by molar-refractivity contribution is 5.37. The number of aromatic nitrogens is 2. The third-order valence-electron chi connectivity index (χ3n) is 2.62. The van der Waals surface area contributed by atoms with Crippen molar-refractivity contribution in [3.63, 3.8) is 0 Å². The van der Waals surface area contributed by atoms with E-state index in [4.69, 9.17) is 0 Å². The van der Waals surface area contributed by atoms with Gasteiger partial charge < -0.3 is 5.11 Å². The second kappa shape index (κ2) is 4.52. The molecule has 0 spiro atoms. The van der Waals surface area contributed by atoms with E-state index in [0.29, 0.717) is 7.05 Å². The Hall–Kier alpha value is -1.46. The molecule has 0 aliphatic heterocycles. The lowest BCUT2D eigenvalue weighted by Gasteiger charge is -2.28. The average molecular weight is 330 g/mol. The molecule has 1 aromatic heterocycles. The quantitative estimate of drug-likeness (QED) is 0.803. The summed E-state index contributed by atoms with van der Waals surface area (Å²) in [4.78, 5) is 0. The molecule has 0 aromatic carbocycles. The summed E-state index contributed by atoms with van der Waals surface area (Å²) in [5, 5.41) is 11.7. The first kappa shape index (κ1) is 17.6. The van der Waals surface area contributed by atoms with Crippen LogP contribution < -0.4 is 0 Å². The summed E-state index contributed by atoms with van der Waals surface area (Å²) >= 11 is 0. The number of nitrogens with zero attached hydrogens (tertiary/aromatic N) is 2. The molecule has 1 N–H and O–H groups in total. The summed E-state index contributed by atoms with van der Waals surface area (Å²) in [5.74, 6) is 0. The number of aryl methyl sites for hydroxylation is 1. The Morgan fingerprint density at radius 3 is 1.62 bits per heavy atom. The van der Waals surface area contributed by atoms with Gasteiger partial charge in [0.2, 0.25) is 0 Å². The van der Waals surface area contributed by atoms with E-state index >= 15 is 0 Å². The molecule has 0 radical (unpaired) electrons. The standard InChI is InChI=1S/C9H7F9N2O/c1-6(21,9(16,17)18)3-4(7(10,11)12)19-20(2)5(3)8(13,14)15/h21H,1-2H3. The smallest absolute Gasteiger partial charge is 0.376 e. The Morgan fingerprint density at radius 2 is 1.33 bits per heavy atom. The molecule has 1 unspecified atom stereocenters. The van der Waals surface area contributed by atoms with E-state index in [-0.39, 0.29) is 6.92 Å². The molecule has 0 aliphatic rings. The largest absolute Gasteiger partial charge is 0.435 e. The molecule has 0 saturated carbocycles. The molecular formula is C9H7F9N2O. The highest BCUT2D eigenvalue weighted by Crippen LogP contribution is 2.48. The molecule has 0 bridgehead atoms. The lowest BCUT2D eigenvalue weighted by Crippen LogP contribution is -2.42. The Morgan fingerprint density at radius 1 is 0.905 bits per heavy atom. The summed E-state index contributed by atoms with van der Waals surface area (Å²) in [6.45, 7) is -0.200. The number of rotatable bonds is 1. The van der Waals surface area contributed by atoms with Crippen molar-refractivity contribution < 1.29 is 44.6 Å². The zero-order valence-corrected chi connectivity index (χ0v) is 10.2. The predicted octanol–water partition coefficient (Wildman–Crippen LogP) is 3.23. The molecule has 1 atom stereocenters. The van der Waals surface area contributed by atoms with Gasteiger partial charge in [-0.1, -0.05) is 0 Å². The van der Waals surface area contributed by atoms with Gasteiger partial charge in [0.25, 0.3) is 0 Å². The molecule has 1 aromatic rings. The summed E-state index contributed by atoms with van der Waals surface area (Å²) in [6.07, 6.45) is -16.9. The molecule has 12 heteroatoms. The molecule has 1 rings (SSSR count). The van der Waals surface area contributed by atoms with Crippen LogP contribution in [-0.2, 0) is 25.0 Å². The Labute approximate surface area is 111 Å². The van der Waals surface area contributed by atoms with Crippen LogP contribution in [0.25, 0.3) is 0 Å². The average Bonchev–Trinajstić information content (AvgIpc) is 2.52. The molecule has 0 aliphatic carbocycles. The van der Waals surface area contributed by atoms with E-state index < -0.39 is 45.8 Å². The first-order valence-corrected chi connectivity index (χ1v) is 5.02. The van der Waals surface area contributed by atoms with Crippen molar-refractivity contribution in [1.29, 1.82) is 0 Å². The van der Waals surface area contributed by atoms with Crippen molar-refractivity contribution in [2.24, 2.45) is 7.05 Å². The van der Waals surface area contributed by atoms with Gasteiger partial charge in [0.05, 0.1) is 5.56 Å². The first-order chi connectivity index (χ1) is 9.01. The Bertz CT molecular complexity index is 535. The van der Waals surface area contributed by atoms with Crippen molar-refractivity contribution in [2.75, 3.05) is 0 Å². The van der Waals surface area contributed by atoms with Crippen molar-refractivity contribution in [3.8, 4) is 0 Å². The van der Waals surface area contributed by atoms with Gasteiger partial charge in [-0.3, -0.25) is 4.68 Å². The minimum Gasteiger partial charge on any atom is -0.376 e. The summed E-state index contributed by atoms with van der Waals surface area (Å²) in [6, 6.07) is 0. The molecule has 0 fully saturated rings. The van der Waals surface area contributed by atoms with Crippen LogP contribution in [0, 0.1) is 0 Å². The van der Waals surface area contributed by atoms with Crippen LogP contribution in [0.15, 0.2) is 0 Å². The maximum atomic E-state index is 12.7. The maximum absolute atomic E-state index is 12.7. The molecule has 3 nitrogen and oxygen atoms in total. The monoisotopic (exact) mass is 330 g/mol. The van der Waals surface area contributed by atoms with E-state index in [1.165, 1.54) is 0 Å². The fourth-order valence-electron chi connectivity index (χ4n) is 1.65. The highest BCUT2D eigenvalue weighted by atomic mass is 19.4. The second-order valence-electron chi connectivity index (χ2n) is 4.26. The van der Waals surface area contributed by atoms with Gasteiger partial charge in [-0.2, -0.15) is 44.6 Å². The van der Waals surface area contributed by atoms with Gasteiger partial charge in [0.1, 0.15) is 5.69 Å². The molecule has 0 saturated heterocycles. The number of aliphatic hydroxyl groups is 1. The van der Waals surface area contributed by atoms with Crippen LogP contribution in [0.5, 0.6) is 0 Å². The van der Waals surface area contributed by atoms with Gasteiger partial charge in [-0.25, -0.2) is 0 Å². The molecule has 1 heterocycles. The number of alkyl halides is 9. The van der Waals surface area contributed by atoms with Crippen LogP contribution >= 0.6 is 0 Å². The molecule has 122 valence electrons. The fourth-order valence-corrected chi connectivity index (χ4v) is 1.65. The van der Waals surface area contributed by atoms with Gasteiger partial charge in [0.15, 0.2) is 11.3 Å². The summed E-state index contributed by atoms with van der Waals surface area (Å²) in [5.41, 5.74) is -11.5. The van der Waals surface area contributed by atoms with Crippen molar-refractivity contribution >= 4 is 0 Å². The van der Waals surface area contributed by atoms with Crippen molar-refractivity contribution in [2.45, 2.75) is 31.1 Å². The zero-order valence-electron chi connectivity index (χ0n) is 10.2. The number of hydrogen-bond acceptors (Lipinski definition) is 2. The molecule has 21 heavy (non-hydrogen) atoms. The van der Waals surface area contributed by atoms with Gasteiger partial charge >= 0.3 is 18.5 Å². The van der Waals surface area contributed by atoms with E-state index in [9.17, 15) is 44.6 Å². The van der Waals surface area contributed by atoms with Crippen LogP contribution in [0.4, 0.5) is 39.5 Å². The third kappa shape index (κ3) is 2.94. The van der Waals surface area contributed by atoms with Crippen molar-refractivity contribution in [1.82, 2.24) is 9.78 Å². The zero-order chi connectivity index (χ0) is 17.0. The molecule has 0 amide bonds. The third-order valence-corrected chi connectivity index (χ3v) is 2.62. The predicted molar refractivity (Wildman–Crippen MR) is 48.8 cm³/mol. The maximum Gasteiger partial charge on any atom is 0.435 e.